The first-order valence-corrected chi connectivity index (χ1v) is 11.7. The third-order valence-corrected chi connectivity index (χ3v) is 6.93. The van der Waals surface area contributed by atoms with Crippen LogP contribution < -0.4 is 10.6 Å². The van der Waals surface area contributed by atoms with E-state index >= 15 is 0 Å². The van der Waals surface area contributed by atoms with E-state index < -0.39 is 23.5 Å². The Morgan fingerprint density at radius 1 is 0.943 bits per heavy atom. The van der Waals surface area contributed by atoms with Gasteiger partial charge in [0.1, 0.15) is 12.6 Å². The fraction of sp³-hybridized carbons (Fsp3) is 0.250. The number of benzene rings is 3. The zero-order valence-electron chi connectivity index (χ0n) is 19.3. The van der Waals surface area contributed by atoms with Gasteiger partial charge >= 0.3 is 12.1 Å². The van der Waals surface area contributed by atoms with E-state index in [2.05, 4.69) is 34.9 Å². The van der Waals surface area contributed by atoms with Crippen LogP contribution in [0.25, 0.3) is 11.1 Å². The van der Waals surface area contributed by atoms with Crippen molar-refractivity contribution in [3.8, 4) is 11.1 Å². The molecule has 3 aromatic carbocycles. The predicted octanol–water partition coefficient (Wildman–Crippen LogP) is 4.67. The van der Waals surface area contributed by atoms with Crippen LogP contribution in [0.3, 0.4) is 0 Å². The topological polar surface area (TPSA) is 105 Å². The first-order valence-electron chi connectivity index (χ1n) is 11.7. The summed E-state index contributed by atoms with van der Waals surface area (Å²) in [5, 5.41) is 14.4. The first kappa shape index (κ1) is 22.7. The SMILES string of the molecule is CC(NC(=O)C1(c2ccc(NC(=O)OCC3c4ccccc4-c4ccccc43)cc2)CC1)C(=O)O. The molecule has 1 atom stereocenters. The number of carboxylic acids is 1. The number of carbonyl (C=O) groups is 3. The largest absolute Gasteiger partial charge is 0.480 e. The van der Waals surface area contributed by atoms with E-state index in [1.807, 2.05) is 24.3 Å². The molecule has 35 heavy (non-hydrogen) atoms. The van der Waals surface area contributed by atoms with Crippen molar-refractivity contribution >= 4 is 23.7 Å². The van der Waals surface area contributed by atoms with Crippen LogP contribution in [0.15, 0.2) is 72.8 Å². The molecule has 0 spiro atoms. The highest BCUT2D eigenvalue weighted by Gasteiger charge is 2.51. The molecule has 0 heterocycles. The smallest absolute Gasteiger partial charge is 0.411 e. The van der Waals surface area contributed by atoms with Crippen LogP contribution in [0, 0.1) is 0 Å². The van der Waals surface area contributed by atoms with Crippen molar-refractivity contribution < 1.29 is 24.2 Å². The number of anilines is 1. The van der Waals surface area contributed by atoms with E-state index in [4.69, 9.17) is 9.84 Å². The molecule has 0 saturated heterocycles. The summed E-state index contributed by atoms with van der Waals surface area (Å²) in [7, 11) is 0. The van der Waals surface area contributed by atoms with Gasteiger partial charge in [-0.05, 0) is 59.7 Å². The van der Waals surface area contributed by atoms with Crippen LogP contribution in [-0.4, -0.2) is 35.7 Å². The highest BCUT2D eigenvalue weighted by Crippen LogP contribution is 2.49. The van der Waals surface area contributed by atoms with Gasteiger partial charge < -0.3 is 15.2 Å². The Hall–Kier alpha value is -4.13. The van der Waals surface area contributed by atoms with Crippen molar-refractivity contribution in [3.63, 3.8) is 0 Å². The second kappa shape index (κ2) is 8.91. The molecular formula is C28H26N2O5. The number of rotatable bonds is 7. The van der Waals surface area contributed by atoms with Gasteiger partial charge in [0.05, 0.1) is 5.41 Å². The van der Waals surface area contributed by atoms with Gasteiger partial charge in [-0.2, -0.15) is 0 Å². The fourth-order valence-corrected chi connectivity index (χ4v) is 4.79. The lowest BCUT2D eigenvalue weighted by atomic mass is 9.94. The van der Waals surface area contributed by atoms with Crippen molar-refractivity contribution in [2.24, 2.45) is 0 Å². The molecule has 0 aromatic heterocycles. The minimum absolute atomic E-state index is 0.0167. The lowest BCUT2D eigenvalue weighted by Gasteiger charge is -2.18. The van der Waals surface area contributed by atoms with Gasteiger partial charge in [-0.15, -0.1) is 0 Å². The number of aliphatic carboxylic acids is 1. The quantitative estimate of drug-likeness (QED) is 0.466. The van der Waals surface area contributed by atoms with Crippen LogP contribution in [-0.2, 0) is 19.7 Å². The third kappa shape index (κ3) is 4.25. The highest BCUT2D eigenvalue weighted by molar-refractivity contribution is 5.94. The van der Waals surface area contributed by atoms with Crippen molar-refractivity contribution in [2.45, 2.75) is 37.1 Å². The molecule has 0 aliphatic heterocycles. The maximum Gasteiger partial charge on any atom is 0.411 e. The molecule has 2 aliphatic carbocycles. The Bertz CT molecular complexity index is 1250. The van der Waals surface area contributed by atoms with Crippen molar-refractivity contribution in [1.82, 2.24) is 5.32 Å². The van der Waals surface area contributed by atoms with Gasteiger partial charge in [0.2, 0.25) is 5.91 Å². The number of nitrogens with one attached hydrogen (secondary N) is 2. The van der Waals surface area contributed by atoms with E-state index in [-0.39, 0.29) is 18.4 Å². The molecule has 178 valence electrons. The lowest BCUT2D eigenvalue weighted by Crippen LogP contribution is -2.43. The minimum atomic E-state index is -1.07. The molecule has 7 heteroatoms. The van der Waals surface area contributed by atoms with Crippen LogP contribution in [0.1, 0.15) is 42.4 Å². The summed E-state index contributed by atoms with van der Waals surface area (Å²) in [5.74, 6) is -1.38. The number of amides is 2. The number of carbonyl (C=O) groups excluding carboxylic acids is 2. The van der Waals surface area contributed by atoms with Crippen molar-refractivity contribution in [3.05, 3.63) is 89.5 Å². The van der Waals surface area contributed by atoms with Crippen molar-refractivity contribution in [2.75, 3.05) is 11.9 Å². The summed E-state index contributed by atoms with van der Waals surface area (Å²) in [6.07, 6.45) is 0.767. The molecule has 1 saturated carbocycles. The van der Waals surface area contributed by atoms with Gasteiger partial charge in [-0.1, -0.05) is 60.7 Å². The first-order chi connectivity index (χ1) is 16.9. The Balaban J connectivity index is 1.21. The molecule has 3 aromatic rings. The van der Waals surface area contributed by atoms with Crippen molar-refractivity contribution in [1.29, 1.82) is 0 Å². The number of fused-ring (bicyclic) bond motifs is 3. The van der Waals surface area contributed by atoms with Gasteiger partial charge in [0.25, 0.3) is 0 Å². The number of hydrogen-bond acceptors (Lipinski definition) is 4. The average Bonchev–Trinajstić information content (AvgIpc) is 3.61. The summed E-state index contributed by atoms with van der Waals surface area (Å²) in [5.41, 5.74) is 5.29. The van der Waals surface area contributed by atoms with E-state index in [0.29, 0.717) is 18.5 Å². The molecule has 0 bridgehead atoms. The average molecular weight is 471 g/mol. The predicted molar refractivity (Wildman–Crippen MR) is 131 cm³/mol. The zero-order chi connectivity index (χ0) is 24.6. The fourth-order valence-electron chi connectivity index (χ4n) is 4.79. The van der Waals surface area contributed by atoms with E-state index in [0.717, 1.165) is 16.7 Å². The van der Waals surface area contributed by atoms with Crippen LogP contribution >= 0.6 is 0 Å². The van der Waals surface area contributed by atoms with Crippen LogP contribution in [0.4, 0.5) is 10.5 Å². The Morgan fingerprint density at radius 2 is 1.51 bits per heavy atom. The highest BCUT2D eigenvalue weighted by atomic mass is 16.5. The Labute approximate surface area is 203 Å². The molecule has 2 amide bonds. The summed E-state index contributed by atoms with van der Waals surface area (Å²) in [6.45, 7) is 1.67. The number of carboxylic acid groups (broad SMARTS) is 1. The van der Waals surface area contributed by atoms with E-state index in [9.17, 15) is 14.4 Å². The number of ether oxygens (including phenoxy) is 1. The molecule has 1 unspecified atom stereocenters. The molecule has 0 radical (unpaired) electrons. The maximum absolute atomic E-state index is 12.6. The van der Waals surface area contributed by atoms with E-state index in [1.165, 1.54) is 18.1 Å². The molecule has 5 rings (SSSR count). The van der Waals surface area contributed by atoms with Gasteiger partial charge in [-0.3, -0.25) is 14.9 Å². The minimum Gasteiger partial charge on any atom is -0.480 e. The lowest BCUT2D eigenvalue weighted by molar-refractivity contribution is -0.141. The van der Waals surface area contributed by atoms with Gasteiger partial charge in [0.15, 0.2) is 0 Å². The Kier molecular flexibility index (Phi) is 5.76. The summed E-state index contributed by atoms with van der Waals surface area (Å²) >= 11 is 0. The summed E-state index contributed by atoms with van der Waals surface area (Å²) in [4.78, 5) is 36.2. The Morgan fingerprint density at radius 3 is 2.06 bits per heavy atom. The summed E-state index contributed by atoms with van der Waals surface area (Å²) < 4.78 is 5.59. The normalized spacial score (nSPS) is 15.9. The standard InChI is InChI=1S/C28H26N2O5/c1-17(25(31)32)29-26(33)28(14-15-28)18-10-12-19(13-11-18)30-27(34)35-16-24-22-8-4-2-6-20(22)21-7-3-5-9-23(21)24/h2-13,17,24H,14-16H2,1H3,(H,29,33)(H,30,34)(H,31,32). The second-order valence-corrected chi connectivity index (χ2v) is 9.14. The third-order valence-electron chi connectivity index (χ3n) is 6.93. The molecule has 7 nitrogen and oxygen atoms in total. The molecule has 2 aliphatic rings. The molecule has 3 N–H and O–H groups in total. The van der Waals surface area contributed by atoms with Crippen LogP contribution in [0.5, 0.6) is 0 Å². The maximum atomic E-state index is 12.6. The van der Waals surface area contributed by atoms with Crippen LogP contribution in [0.2, 0.25) is 0 Å². The molecule has 1 fully saturated rings. The second-order valence-electron chi connectivity index (χ2n) is 9.14. The molecular weight excluding hydrogens is 444 g/mol. The number of hydrogen-bond donors (Lipinski definition) is 3. The van der Waals surface area contributed by atoms with Gasteiger partial charge in [-0.25, -0.2) is 4.79 Å². The zero-order valence-corrected chi connectivity index (χ0v) is 19.3. The van der Waals surface area contributed by atoms with E-state index in [1.54, 1.807) is 24.3 Å². The monoisotopic (exact) mass is 470 g/mol. The van der Waals surface area contributed by atoms with Gasteiger partial charge in [0, 0.05) is 11.6 Å². The summed E-state index contributed by atoms with van der Waals surface area (Å²) in [6, 6.07) is 22.4.